The van der Waals surface area contributed by atoms with E-state index >= 15 is 0 Å². The monoisotopic (exact) mass is 478 g/mol. The number of halogens is 4. The van der Waals surface area contributed by atoms with Crippen LogP contribution in [0, 0.1) is 6.92 Å². The fourth-order valence-corrected chi connectivity index (χ4v) is 2.74. The van der Waals surface area contributed by atoms with Gasteiger partial charge >= 0.3 is 43.7 Å². The molecule has 0 fully saturated rings. The molecule has 0 spiro atoms. The Hall–Kier alpha value is 0.283. The number of hydrogen-bond donors (Lipinski definition) is 0. The van der Waals surface area contributed by atoms with E-state index in [0.29, 0.717) is 0 Å². The van der Waals surface area contributed by atoms with Crippen molar-refractivity contribution >= 4 is 52.2 Å². The summed E-state index contributed by atoms with van der Waals surface area (Å²) in [5.41, 5.74) is 3.89. The summed E-state index contributed by atoms with van der Waals surface area (Å²) in [7, 11) is 15.0. The summed E-state index contributed by atoms with van der Waals surface area (Å²) in [5, 5.41) is 2.62. The Labute approximate surface area is 151 Å². The second-order valence-electron chi connectivity index (χ2n) is 4.54. The molecule has 0 aliphatic heterocycles. The molecule has 0 unspecified atom stereocenters. The molecule has 0 amide bonds. The SMILES string of the molecule is Cc1cc2c(-c3ccccc3)ccc(Br)c2[cH-]1.[Cl][Zr]([Cl])[Cl]. The molecule has 0 atom stereocenters. The first-order chi connectivity index (χ1) is 9.99. The van der Waals surface area contributed by atoms with Crippen molar-refractivity contribution in [1.29, 1.82) is 0 Å². The van der Waals surface area contributed by atoms with Crippen molar-refractivity contribution in [1.82, 2.24) is 0 Å². The van der Waals surface area contributed by atoms with Gasteiger partial charge in [-0.25, -0.2) is 0 Å². The Balaban J connectivity index is 0.000000361. The Morgan fingerprint density at radius 2 is 1.62 bits per heavy atom. The average Bonchev–Trinajstić information content (AvgIpc) is 2.82. The minimum absolute atomic E-state index is 1.17. The van der Waals surface area contributed by atoms with Gasteiger partial charge in [0.2, 0.25) is 0 Å². The van der Waals surface area contributed by atoms with Gasteiger partial charge in [0, 0.05) is 0 Å². The van der Waals surface area contributed by atoms with Crippen LogP contribution in [0.2, 0.25) is 0 Å². The molecular weight excluding hydrogens is 470 g/mol. The van der Waals surface area contributed by atoms with E-state index in [-0.39, 0.29) is 0 Å². The van der Waals surface area contributed by atoms with Crippen molar-refractivity contribution in [2.24, 2.45) is 0 Å². The van der Waals surface area contributed by atoms with Crippen LogP contribution in [0.4, 0.5) is 0 Å². The Morgan fingerprint density at radius 1 is 1.00 bits per heavy atom. The van der Waals surface area contributed by atoms with E-state index in [1.165, 1.54) is 31.9 Å². The first-order valence-electron chi connectivity index (χ1n) is 6.23. The second kappa shape index (κ2) is 8.22. The molecule has 0 radical (unpaired) electrons. The van der Waals surface area contributed by atoms with E-state index in [9.17, 15) is 0 Å². The molecular formula is C16H12BrCl3Zr-. The second-order valence-corrected chi connectivity index (χ2v) is 16.6. The Morgan fingerprint density at radius 3 is 2.24 bits per heavy atom. The first kappa shape index (κ1) is 17.6. The summed E-state index contributed by atoms with van der Waals surface area (Å²) in [4.78, 5) is 0. The van der Waals surface area contributed by atoms with Crippen molar-refractivity contribution in [2.75, 3.05) is 0 Å². The zero-order valence-corrected chi connectivity index (χ0v) is 17.5. The fourth-order valence-electron chi connectivity index (χ4n) is 2.28. The van der Waals surface area contributed by atoms with Crippen molar-refractivity contribution in [3.8, 4) is 11.1 Å². The predicted octanol–water partition coefficient (Wildman–Crippen LogP) is 7.36. The predicted molar refractivity (Wildman–Crippen MR) is 95.0 cm³/mol. The van der Waals surface area contributed by atoms with Crippen LogP contribution in [0.15, 0.2) is 59.1 Å². The molecule has 0 saturated heterocycles. The minimum atomic E-state index is -2.13. The van der Waals surface area contributed by atoms with Crippen LogP contribution in [0.3, 0.4) is 0 Å². The normalized spacial score (nSPS) is 10.1. The third kappa shape index (κ3) is 4.88. The van der Waals surface area contributed by atoms with Crippen molar-refractivity contribution < 1.29 is 18.2 Å². The molecule has 0 aliphatic carbocycles. The third-order valence-electron chi connectivity index (χ3n) is 3.06. The maximum absolute atomic E-state index is 5.00. The van der Waals surface area contributed by atoms with E-state index in [4.69, 9.17) is 25.5 Å². The van der Waals surface area contributed by atoms with Crippen LogP contribution >= 0.6 is 41.5 Å². The average molecular weight is 482 g/mol. The topological polar surface area (TPSA) is 0 Å². The molecule has 109 valence electrons. The molecule has 21 heavy (non-hydrogen) atoms. The van der Waals surface area contributed by atoms with Crippen molar-refractivity contribution in [3.05, 3.63) is 64.6 Å². The van der Waals surface area contributed by atoms with Gasteiger partial charge in [-0.3, -0.25) is 0 Å². The van der Waals surface area contributed by atoms with Crippen molar-refractivity contribution in [2.45, 2.75) is 6.92 Å². The van der Waals surface area contributed by atoms with Gasteiger partial charge in [0.25, 0.3) is 0 Å². The van der Waals surface area contributed by atoms with Gasteiger partial charge in [-0.2, -0.15) is 6.07 Å². The third-order valence-corrected chi connectivity index (χ3v) is 3.75. The zero-order valence-electron chi connectivity index (χ0n) is 11.2. The standard InChI is InChI=1S/C16H12Br.3ClH.Zr/c1-11-9-14-13(12-5-3-2-4-6-12)7-8-16(17)15(14)10-11;;;;/h2-10H,1H3;3*1H;/q-1;;;;+3/p-3. The molecule has 0 saturated carbocycles. The van der Waals surface area contributed by atoms with Gasteiger partial charge in [0.05, 0.1) is 0 Å². The van der Waals surface area contributed by atoms with Gasteiger partial charge in [-0.05, 0) is 5.56 Å². The number of benzene rings is 2. The Kier molecular flexibility index (Phi) is 6.91. The van der Waals surface area contributed by atoms with Gasteiger partial charge in [-0.1, -0.05) is 59.4 Å². The van der Waals surface area contributed by atoms with Crippen LogP contribution in [-0.4, -0.2) is 0 Å². The van der Waals surface area contributed by atoms with E-state index < -0.39 is 18.2 Å². The summed E-state index contributed by atoms with van der Waals surface area (Å²) in [6, 6.07) is 19.3. The van der Waals surface area contributed by atoms with Crippen LogP contribution in [0.1, 0.15) is 5.56 Å². The quantitative estimate of drug-likeness (QED) is 0.318. The molecule has 5 heteroatoms. The summed E-state index contributed by atoms with van der Waals surface area (Å²) < 4.78 is 1.17. The number of fused-ring (bicyclic) bond motifs is 1. The summed E-state index contributed by atoms with van der Waals surface area (Å²) in [6.45, 7) is 2.14. The first-order valence-corrected chi connectivity index (χ1v) is 16.5. The van der Waals surface area contributed by atoms with Crippen LogP contribution in [-0.2, 0) is 18.2 Å². The zero-order chi connectivity index (χ0) is 15.4. The van der Waals surface area contributed by atoms with E-state index in [1.807, 2.05) is 0 Å². The molecule has 0 nitrogen and oxygen atoms in total. The van der Waals surface area contributed by atoms with E-state index in [0.717, 1.165) is 0 Å². The van der Waals surface area contributed by atoms with Gasteiger partial charge in [0.1, 0.15) is 0 Å². The maximum atomic E-state index is 5.00. The number of hydrogen-bond acceptors (Lipinski definition) is 0. The molecule has 3 aromatic carbocycles. The van der Waals surface area contributed by atoms with Gasteiger partial charge < -0.3 is 0 Å². The summed E-state index contributed by atoms with van der Waals surface area (Å²) in [6.07, 6.45) is 0. The number of rotatable bonds is 1. The van der Waals surface area contributed by atoms with Crippen LogP contribution < -0.4 is 0 Å². The number of aryl methyl sites for hydroxylation is 1. The molecule has 0 aromatic heterocycles. The molecule has 0 heterocycles. The van der Waals surface area contributed by atoms with Crippen LogP contribution in [0.5, 0.6) is 0 Å². The Bertz CT molecular complexity index is 720. The molecule has 0 bridgehead atoms. The van der Waals surface area contributed by atoms with Gasteiger partial charge in [0.15, 0.2) is 0 Å². The fraction of sp³-hybridized carbons (Fsp3) is 0.0625. The molecule has 0 N–H and O–H groups in total. The summed E-state index contributed by atoms with van der Waals surface area (Å²) >= 11 is 1.49. The van der Waals surface area contributed by atoms with Crippen molar-refractivity contribution in [3.63, 3.8) is 0 Å². The molecule has 3 aromatic rings. The van der Waals surface area contributed by atoms with Gasteiger partial charge in [-0.15, -0.1) is 38.3 Å². The van der Waals surface area contributed by atoms with Crippen LogP contribution in [0.25, 0.3) is 21.9 Å². The van der Waals surface area contributed by atoms with E-state index in [2.05, 4.69) is 77.5 Å². The van der Waals surface area contributed by atoms with E-state index in [1.54, 1.807) is 0 Å². The molecule has 3 rings (SSSR count). The summed E-state index contributed by atoms with van der Waals surface area (Å²) in [5.74, 6) is 0. The molecule has 0 aliphatic rings.